The highest BCUT2D eigenvalue weighted by Gasteiger charge is 2.13. The Labute approximate surface area is 140 Å². The van der Waals surface area contributed by atoms with E-state index in [4.69, 9.17) is 16.3 Å². The summed E-state index contributed by atoms with van der Waals surface area (Å²) < 4.78 is 5.24. The topological polar surface area (TPSA) is 62.7 Å². The van der Waals surface area contributed by atoms with Gasteiger partial charge >= 0.3 is 0 Å². The predicted molar refractivity (Wildman–Crippen MR) is 93.3 cm³/mol. The van der Waals surface area contributed by atoms with Gasteiger partial charge in [-0.2, -0.15) is 5.10 Å². The maximum absolute atomic E-state index is 12.0. The first kappa shape index (κ1) is 16.8. The number of hydrogen-bond donors (Lipinski definition) is 2. The molecule has 2 rings (SSSR count). The van der Waals surface area contributed by atoms with Gasteiger partial charge in [-0.25, -0.2) is 5.43 Å². The van der Waals surface area contributed by atoms with Crippen LogP contribution in [0.15, 0.2) is 53.6 Å². The number of halogens is 1. The fourth-order valence-electron chi connectivity index (χ4n) is 1.92. The molecule has 0 spiro atoms. The third-order valence-corrected chi connectivity index (χ3v) is 3.34. The Kier molecular flexibility index (Phi) is 6.00. The maximum atomic E-state index is 12.0. The van der Waals surface area contributed by atoms with Crippen LogP contribution in [0.25, 0.3) is 0 Å². The van der Waals surface area contributed by atoms with Crippen molar-refractivity contribution in [2.45, 2.75) is 13.0 Å². The summed E-state index contributed by atoms with van der Waals surface area (Å²) in [6, 6.07) is 14.1. The molecule has 120 valence electrons. The van der Waals surface area contributed by atoms with E-state index in [9.17, 15) is 4.79 Å². The minimum absolute atomic E-state index is 0.255. The van der Waals surface area contributed by atoms with E-state index in [1.165, 1.54) is 0 Å². The molecule has 1 amide bonds. The molecule has 6 heteroatoms. The zero-order chi connectivity index (χ0) is 16.7. The number of hydrogen-bond acceptors (Lipinski definition) is 4. The molecule has 0 fully saturated rings. The molecule has 1 unspecified atom stereocenters. The van der Waals surface area contributed by atoms with E-state index in [1.54, 1.807) is 32.4 Å². The molecule has 0 saturated heterocycles. The Morgan fingerprint density at radius 2 is 2.04 bits per heavy atom. The Morgan fingerprint density at radius 3 is 2.78 bits per heavy atom. The van der Waals surface area contributed by atoms with Crippen molar-refractivity contribution in [1.82, 2.24) is 5.43 Å². The van der Waals surface area contributed by atoms with Crippen LogP contribution in [-0.2, 0) is 4.79 Å². The van der Waals surface area contributed by atoms with Crippen LogP contribution >= 0.6 is 11.6 Å². The Balaban J connectivity index is 1.92. The number of ether oxygens (including phenoxy) is 1. The number of para-hydroxylation sites is 2. The highest BCUT2D eigenvalue weighted by Crippen LogP contribution is 2.23. The van der Waals surface area contributed by atoms with Crippen molar-refractivity contribution in [1.29, 1.82) is 0 Å². The van der Waals surface area contributed by atoms with Crippen molar-refractivity contribution in [2.75, 3.05) is 12.4 Å². The van der Waals surface area contributed by atoms with Gasteiger partial charge in [-0.05, 0) is 36.8 Å². The molecule has 1 atom stereocenters. The van der Waals surface area contributed by atoms with Gasteiger partial charge < -0.3 is 10.1 Å². The minimum atomic E-state index is -0.470. The van der Waals surface area contributed by atoms with Crippen LogP contribution in [0, 0.1) is 0 Å². The quantitative estimate of drug-likeness (QED) is 0.630. The van der Waals surface area contributed by atoms with Crippen LogP contribution in [-0.4, -0.2) is 25.3 Å². The van der Waals surface area contributed by atoms with Crippen molar-refractivity contribution >= 4 is 29.4 Å². The predicted octanol–water partition coefficient (Wildman–Crippen LogP) is 3.30. The average molecular weight is 332 g/mol. The van der Waals surface area contributed by atoms with Gasteiger partial charge in [0.05, 0.1) is 19.0 Å². The van der Waals surface area contributed by atoms with E-state index >= 15 is 0 Å². The standard InChI is InChI=1S/C17H18ClN3O2/c1-12(20-15-8-3-4-9-16(15)23-2)17(22)21-19-11-13-6-5-7-14(18)10-13/h3-12,20H,1-2H3,(H,21,22)/b19-11+. The summed E-state index contributed by atoms with van der Waals surface area (Å²) in [5.74, 6) is 0.420. The summed E-state index contributed by atoms with van der Waals surface area (Å²) in [5.41, 5.74) is 4.05. The first-order chi connectivity index (χ1) is 11.1. The fraction of sp³-hybridized carbons (Fsp3) is 0.176. The molecule has 0 aromatic heterocycles. The Hall–Kier alpha value is -2.53. The second kappa shape index (κ2) is 8.19. The number of nitrogens with zero attached hydrogens (tertiary/aromatic N) is 1. The van der Waals surface area contributed by atoms with E-state index in [0.29, 0.717) is 10.8 Å². The van der Waals surface area contributed by atoms with Crippen LogP contribution in [0.1, 0.15) is 12.5 Å². The van der Waals surface area contributed by atoms with Crippen LogP contribution in [0.4, 0.5) is 5.69 Å². The largest absolute Gasteiger partial charge is 0.495 e. The average Bonchev–Trinajstić information content (AvgIpc) is 2.55. The van der Waals surface area contributed by atoms with E-state index in [2.05, 4.69) is 15.8 Å². The monoisotopic (exact) mass is 331 g/mol. The Morgan fingerprint density at radius 1 is 1.26 bits per heavy atom. The molecule has 0 saturated carbocycles. The highest BCUT2D eigenvalue weighted by molar-refractivity contribution is 6.30. The van der Waals surface area contributed by atoms with E-state index in [-0.39, 0.29) is 5.91 Å². The number of hydrazone groups is 1. The van der Waals surface area contributed by atoms with Crippen LogP contribution in [0.2, 0.25) is 5.02 Å². The second-order valence-corrected chi connectivity index (χ2v) is 5.29. The van der Waals surface area contributed by atoms with Gasteiger partial charge in [0.2, 0.25) is 0 Å². The zero-order valence-corrected chi connectivity index (χ0v) is 13.7. The SMILES string of the molecule is COc1ccccc1NC(C)C(=O)N/N=C/c1cccc(Cl)c1. The molecular weight excluding hydrogens is 314 g/mol. The lowest BCUT2D eigenvalue weighted by molar-refractivity contribution is -0.121. The summed E-state index contributed by atoms with van der Waals surface area (Å²) in [5, 5.41) is 7.64. The molecule has 2 N–H and O–H groups in total. The lowest BCUT2D eigenvalue weighted by atomic mass is 10.2. The second-order valence-electron chi connectivity index (χ2n) is 4.86. The molecule has 23 heavy (non-hydrogen) atoms. The number of nitrogens with one attached hydrogen (secondary N) is 2. The van der Waals surface area contributed by atoms with Crippen molar-refractivity contribution in [3.8, 4) is 5.75 Å². The van der Waals surface area contributed by atoms with Gasteiger partial charge in [-0.15, -0.1) is 0 Å². The normalized spacial score (nSPS) is 12.0. The first-order valence-electron chi connectivity index (χ1n) is 7.08. The fourth-order valence-corrected chi connectivity index (χ4v) is 2.12. The molecule has 2 aromatic carbocycles. The van der Waals surface area contributed by atoms with E-state index in [1.807, 2.05) is 36.4 Å². The maximum Gasteiger partial charge on any atom is 0.262 e. The molecule has 5 nitrogen and oxygen atoms in total. The summed E-state index contributed by atoms with van der Waals surface area (Å²) >= 11 is 5.88. The van der Waals surface area contributed by atoms with Gasteiger partial charge in [0, 0.05) is 5.02 Å². The summed E-state index contributed by atoms with van der Waals surface area (Å²) in [7, 11) is 1.58. The van der Waals surface area contributed by atoms with Crippen molar-refractivity contribution < 1.29 is 9.53 Å². The number of carbonyl (C=O) groups is 1. The third-order valence-electron chi connectivity index (χ3n) is 3.11. The van der Waals surface area contributed by atoms with E-state index < -0.39 is 6.04 Å². The minimum Gasteiger partial charge on any atom is -0.495 e. The number of amides is 1. The molecule has 0 bridgehead atoms. The molecular formula is C17H18ClN3O2. The summed E-state index contributed by atoms with van der Waals surface area (Å²) in [4.78, 5) is 12.0. The van der Waals surface area contributed by atoms with Gasteiger partial charge in [-0.1, -0.05) is 35.9 Å². The van der Waals surface area contributed by atoms with Gasteiger partial charge in [0.25, 0.3) is 5.91 Å². The Bertz CT molecular complexity index is 704. The van der Waals surface area contributed by atoms with E-state index in [0.717, 1.165) is 11.3 Å². The molecule has 0 aliphatic rings. The van der Waals surface area contributed by atoms with Crippen LogP contribution in [0.5, 0.6) is 5.75 Å². The number of rotatable bonds is 6. The van der Waals surface area contributed by atoms with Crippen molar-refractivity contribution in [3.05, 3.63) is 59.1 Å². The van der Waals surface area contributed by atoms with Gasteiger partial charge in [0.15, 0.2) is 0 Å². The molecule has 0 radical (unpaired) electrons. The van der Waals surface area contributed by atoms with Gasteiger partial charge in [-0.3, -0.25) is 4.79 Å². The van der Waals surface area contributed by atoms with Crippen molar-refractivity contribution in [3.63, 3.8) is 0 Å². The molecule has 0 aliphatic heterocycles. The zero-order valence-electron chi connectivity index (χ0n) is 12.9. The number of anilines is 1. The molecule has 0 heterocycles. The lowest BCUT2D eigenvalue weighted by Crippen LogP contribution is -2.35. The summed E-state index contributed by atoms with van der Waals surface area (Å²) in [6.07, 6.45) is 1.54. The number of methoxy groups -OCH3 is 1. The third kappa shape index (κ3) is 5.00. The van der Waals surface area contributed by atoms with Crippen LogP contribution < -0.4 is 15.5 Å². The van der Waals surface area contributed by atoms with Crippen molar-refractivity contribution in [2.24, 2.45) is 5.10 Å². The smallest absolute Gasteiger partial charge is 0.262 e. The number of carbonyl (C=O) groups excluding carboxylic acids is 1. The lowest BCUT2D eigenvalue weighted by Gasteiger charge is -2.15. The van der Waals surface area contributed by atoms with Gasteiger partial charge in [0.1, 0.15) is 11.8 Å². The summed E-state index contributed by atoms with van der Waals surface area (Å²) in [6.45, 7) is 1.75. The molecule has 0 aliphatic carbocycles. The number of benzene rings is 2. The highest BCUT2D eigenvalue weighted by atomic mass is 35.5. The molecule has 2 aromatic rings. The van der Waals surface area contributed by atoms with Crippen LogP contribution in [0.3, 0.4) is 0 Å². The first-order valence-corrected chi connectivity index (χ1v) is 7.46.